The van der Waals surface area contributed by atoms with Crippen molar-refractivity contribution in [1.82, 2.24) is 4.31 Å². The largest absolute Gasteiger partial charge is 0.325 e. The fourth-order valence-corrected chi connectivity index (χ4v) is 5.93. The number of carbonyl (C=O) groups is 1. The van der Waals surface area contributed by atoms with E-state index in [4.69, 9.17) is 0 Å². The fraction of sp³-hybridized carbons (Fsp3) is 0.381. The van der Waals surface area contributed by atoms with E-state index < -0.39 is 10.0 Å². The summed E-state index contributed by atoms with van der Waals surface area (Å²) in [6.45, 7) is -0.188. The third-order valence-electron chi connectivity index (χ3n) is 5.06. The Morgan fingerprint density at radius 1 is 1.14 bits per heavy atom. The lowest BCUT2D eigenvalue weighted by molar-refractivity contribution is -0.116. The Bertz CT molecular complexity index is 943. The summed E-state index contributed by atoms with van der Waals surface area (Å²) in [4.78, 5) is 14.0. The highest BCUT2D eigenvalue weighted by Crippen LogP contribution is 2.28. The number of hydrogen-bond acceptors (Lipinski definition) is 4. The van der Waals surface area contributed by atoms with Crippen molar-refractivity contribution in [1.29, 1.82) is 0 Å². The molecule has 3 rings (SSSR count). The zero-order valence-corrected chi connectivity index (χ0v) is 19.5. The van der Waals surface area contributed by atoms with Gasteiger partial charge in [-0.3, -0.25) is 4.79 Å². The molecule has 2 aromatic rings. The minimum Gasteiger partial charge on any atom is -0.325 e. The lowest BCUT2D eigenvalue weighted by Gasteiger charge is -2.33. The average Bonchev–Trinajstić information content (AvgIpc) is 2.73. The van der Waals surface area contributed by atoms with Crippen LogP contribution in [0.2, 0.25) is 0 Å². The monoisotopic (exact) mass is 496 g/mol. The van der Waals surface area contributed by atoms with Gasteiger partial charge < -0.3 is 5.32 Å². The Hall–Kier alpha value is -1.35. The molecular weight excluding hydrogens is 472 g/mol. The van der Waals surface area contributed by atoms with Crippen molar-refractivity contribution < 1.29 is 13.2 Å². The average molecular weight is 497 g/mol. The summed E-state index contributed by atoms with van der Waals surface area (Å²) in [6, 6.07) is 14.0. The number of rotatable bonds is 7. The first-order valence-corrected chi connectivity index (χ1v) is 13.1. The molecule has 5 nitrogen and oxygen atoms in total. The van der Waals surface area contributed by atoms with Gasteiger partial charge >= 0.3 is 0 Å². The van der Waals surface area contributed by atoms with Gasteiger partial charge in [-0.05, 0) is 61.6 Å². The molecule has 0 saturated heterocycles. The normalized spacial score (nSPS) is 15.4. The van der Waals surface area contributed by atoms with Crippen LogP contribution < -0.4 is 5.32 Å². The number of nitrogens with zero attached hydrogens (tertiary/aromatic N) is 1. The lowest BCUT2D eigenvalue weighted by Crippen LogP contribution is -2.45. The number of hydrogen-bond donors (Lipinski definition) is 1. The van der Waals surface area contributed by atoms with Gasteiger partial charge in [-0.15, -0.1) is 11.8 Å². The van der Waals surface area contributed by atoms with Gasteiger partial charge in [0.15, 0.2) is 0 Å². The molecule has 2 aromatic carbocycles. The fourth-order valence-electron chi connectivity index (χ4n) is 3.56. The zero-order valence-electron chi connectivity index (χ0n) is 16.3. The van der Waals surface area contributed by atoms with Crippen molar-refractivity contribution in [3.63, 3.8) is 0 Å². The second-order valence-corrected chi connectivity index (χ2v) is 10.8. The number of sulfonamides is 1. The van der Waals surface area contributed by atoms with Crippen LogP contribution in [-0.2, 0) is 14.8 Å². The quantitative estimate of drug-likeness (QED) is 0.539. The molecule has 0 aromatic heterocycles. The Kier molecular flexibility index (Phi) is 7.79. The smallest absolute Gasteiger partial charge is 0.243 e. The van der Waals surface area contributed by atoms with Gasteiger partial charge in [0.2, 0.25) is 15.9 Å². The van der Waals surface area contributed by atoms with E-state index >= 15 is 0 Å². The first kappa shape index (κ1) is 22.3. The summed E-state index contributed by atoms with van der Waals surface area (Å²) >= 11 is 4.93. The minimum atomic E-state index is -3.77. The number of halogens is 1. The van der Waals surface area contributed by atoms with Crippen LogP contribution in [0, 0.1) is 0 Å². The molecule has 29 heavy (non-hydrogen) atoms. The Labute approximate surface area is 185 Å². The summed E-state index contributed by atoms with van der Waals surface area (Å²) in [7, 11) is -3.77. The van der Waals surface area contributed by atoms with E-state index in [1.165, 1.54) is 4.31 Å². The summed E-state index contributed by atoms with van der Waals surface area (Å²) in [5, 5.41) is 2.85. The van der Waals surface area contributed by atoms with Crippen molar-refractivity contribution >= 4 is 49.3 Å². The number of anilines is 1. The molecule has 0 bridgehead atoms. The van der Waals surface area contributed by atoms with Crippen LogP contribution >= 0.6 is 27.7 Å². The van der Waals surface area contributed by atoms with Gasteiger partial charge in [0.05, 0.1) is 11.4 Å². The van der Waals surface area contributed by atoms with E-state index in [0.717, 1.165) is 41.5 Å². The highest BCUT2D eigenvalue weighted by atomic mass is 79.9. The van der Waals surface area contributed by atoms with Crippen LogP contribution in [-0.4, -0.2) is 37.5 Å². The molecule has 0 unspecified atom stereocenters. The maximum absolute atomic E-state index is 13.4. The molecule has 1 N–H and O–H groups in total. The van der Waals surface area contributed by atoms with Crippen LogP contribution in [0.5, 0.6) is 0 Å². The number of carbonyl (C=O) groups excluding carboxylic acids is 1. The van der Waals surface area contributed by atoms with Crippen molar-refractivity contribution in [2.75, 3.05) is 18.1 Å². The van der Waals surface area contributed by atoms with E-state index in [9.17, 15) is 13.2 Å². The van der Waals surface area contributed by atoms with Gasteiger partial charge in [-0.1, -0.05) is 41.3 Å². The Morgan fingerprint density at radius 3 is 2.48 bits per heavy atom. The second kappa shape index (κ2) is 10.1. The van der Waals surface area contributed by atoms with Crippen LogP contribution in [0.3, 0.4) is 0 Å². The molecule has 1 aliphatic rings. The minimum absolute atomic E-state index is 0.152. The number of benzene rings is 2. The molecule has 0 aliphatic heterocycles. The number of amides is 1. The topological polar surface area (TPSA) is 66.5 Å². The number of thioether (sulfide) groups is 1. The summed E-state index contributed by atoms with van der Waals surface area (Å²) in [6.07, 6.45) is 6.60. The molecule has 0 radical (unpaired) electrons. The molecule has 1 saturated carbocycles. The van der Waals surface area contributed by atoms with E-state index in [1.54, 1.807) is 36.0 Å². The first-order chi connectivity index (χ1) is 13.9. The molecule has 1 fully saturated rings. The standard InChI is InChI=1S/C21H25BrN2O3S2/c1-28-19-9-5-6-17(14-19)23-21(25)15-24(18-7-3-2-4-8-18)29(26,27)20-12-10-16(22)11-13-20/h5-6,9-14,18H,2-4,7-8,15H2,1H3,(H,23,25). The first-order valence-electron chi connectivity index (χ1n) is 9.61. The molecule has 1 aliphatic carbocycles. The summed E-state index contributed by atoms with van der Waals surface area (Å²) in [5.74, 6) is -0.325. The van der Waals surface area contributed by atoms with Gasteiger partial charge in [0.25, 0.3) is 0 Å². The molecular formula is C21H25BrN2O3S2. The highest BCUT2D eigenvalue weighted by Gasteiger charge is 2.34. The van der Waals surface area contributed by atoms with Gasteiger partial charge in [-0.2, -0.15) is 4.31 Å². The summed E-state index contributed by atoms with van der Waals surface area (Å²) in [5.41, 5.74) is 0.673. The third kappa shape index (κ3) is 5.84. The Balaban J connectivity index is 1.83. The maximum atomic E-state index is 13.4. The Morgan fingerprint density at radius 2 is 1.83 bits per heavy atom. The van der Waals surface area contributed by atoms with Crippen LogP contribution in [0.25, 0.3) is 0 Å². The predicted octanol–water partition coefficient (Wildman–Crippen LogP) is 5.13. The third-order valence-corrected chi connectivity index (χ3v) is 8.22. The number of nitrogens with one attached hydrogen (secondary N) is 1. The molecule has 156 valence electrons. The second-order valence-electron chi connectivity index (χ2n) is 7.08. The summed E-state index contributed by atoms with van der Waals surface area (Å²) < 4.78 is 28.9. The van der Waals surface area contributed by atoms with Crippen LogP contribution in [0.15, 0.2) is 62.8 Å². The molecule has 0 atom stereocenters. The van der Waals surface area contributed by atoms with Crippen LogP contribution in [0.1, 0.15) is 32.1 Å². The van der Waals surface area contributed by atoms with Crippen molar-refractivity contribution in [2.45, 2.75) is 47.9 Å². The van der Waals surface area contributed by atoms with Gasteiger partial charge in [0.1, 0.15) is 0 Å². The van der Waals surface area contributed by atoms with Gasteiger partial charge in [-0.25, -0.2) is 8.42 Å². The molecule has 0 heterocycles. The van der Waals surface area contributed by atoms with Crippen molar-refractivity contribution in [2.24, 2.45) is 0 Å². The van der Waals surface area contributed by atoms with E-state index in [2.05, 4.69) is 21.2 Å². The SMILES string of the molecule is CSc1cccc(NC(=O)CN(C2CCCCC2)S(=O)(=O)c2ccc(Br)cc2)c1. The van der Waals surface area contributed by atoms with E-state index in [-0.39, 0.29) is 23.4 Å². The predicted molar refractivity (Wildman–Crippen MR) is 122 cm³/mol. The highest BCUT2D eigenvalue weighted by molar-refractivity contribution is 9.10. The lowest BCUT2D eigenvalue weighted by atomic mass is 9.95. The van der Waals surface area contributed by atoms with Gasteiger partial charge in [0, 0.05) is 21.1 Å². The molecule has 0 spiro atoms. The van der Waals surface area contributed by atoms with Crippen LogP contribution in [0.4, 0.5) is 5.69 Å². The maximum Gasteiger partial charge on any atom is 0.243 e. The molecule has 8 heteroatoms. The zero-order chi connectivity index (χ0) is 20.9. The van der Waals surface area contributed by atoms with Crippen molar-refractivity contribution in [3.05, 3.63) is 53.0 Å². The molecule has 1 amide bonds. The van der Waals surface area contributed by atoms with E-state index in [1.807, 2.05) is 30.5 Å². The van der Waals surface area contributed by atoms with E-state index in [0.29, 0.717) is 5.69 Å². The van der Waals surface area contributed by atoms with Crippen molar-refractivity contribution in [3.8, 4) is 0 Å².